The molecule has 30 heavy (non-hydrogen) atoms. The molecule has 0 amide bonds. The number of unbranched alkanes of at least 4 members (excludes halogenated alkanes) is 4. The maximum atomic E-state index is 10.6. The third kappa shape index (κ3) is 7.21. The summed E-state index contributed by atoms with van der Waals surface area (Å²) in [6, 6.07) is 0. The van der Waals surface area contributed by atoms with Crippen LogP contribution in [0.1, 0.15) is 97.3 Å². The van der Waals surface area contributed by atoms with E-state index in [1.165, 1.54) is 71.0 Å². The number of rotatable bonds is 13. The fourth-order valence-corrected chi connectivity index (χ4v) is 5.98. The number of hydrogen-bond acceptors (Lipinski definition) is 3. The molecule has 0 radical (unpaired) electrons. The van der Waals surface area contributed by atoms with Crippen LogP contribution in [-0.4, -0.2) is 46.5 Å². The van der Waals surface area contributed by atoms with Gasteiger partial charge in [-0.2, -0.15) is 0 Å². The lowest BCUT2D eigenvalue weighted by molar-refractivity contribution is 0.0513. The number of aliphatic hydroxyl groups is 2. The Morgan fingerprint density at radius 3 is 2.67 bits per heavy atom. The minimum Gasteiger partial charge on any atom is -0.392 e. The lowest BCUT2D eigenvalue weighted by atomic mass is 9.87. The molecule has 5 atom stereocenters. The number of hydrogen-bond donors (Lipinski definition) is 2. The lowest BCUT2D eigenvalue weighted by Gasteiger charge is -2.22. The Balaban J connectivity index is 1.34. The van der Waals surface area contributed by atoms with Gasteiger partial charge in [-0.25, -0.2) is 0 Å². The van der Waals surface area contributed by atoms with Crippen molar-refractivity contribution < 1.29 is 10.2 Å². The molecule has 172 valence electrons. The van der Waals surface area contributed by atoms with Crippen LogP contribution in [0.25, 0.3) is 0 Å². The molecule has 2 N–H and O–H groups in total. The predicted molar refractivity (Wildman–Crippen MR) is 126 cm³/mol. The molecule has 1 saturated heterocycles. The molecule has 3 aliphatic rings. The van der Waals surface area contributed by atoms with Crippen molar-refractivity contribution in [3.63, 3.8) is 0 Å². The molecule has 2 fully saturated rings. The quantitative estimate of drug-likeness (QED) is 0.291. The molecule has 0 bridgehead atoms. The first-order valence-corrected chi connectivity index (χ1v) is 13.0. The smallest absolute Gasteiger partial charge is 0.0654 e. The third-order valence-corrected chi connectivity index (χ3v) is 7.86. The first-order chi connectivity index (χ1) is 14.5. The standard InChI is InChI=1S/C27H47NO2/c1-3-4-14-27(2,30)15-11-13-24-25-20-22(19-23(25)21-26(24)29)12-7-5-6-8-16-28-17-9-10-18-28/h11,13,19,23-26,29-30H,3-10,12,14-18,20-21H2,1-2H3/b13-11+/t23-,24+,25-,26+,27-/m0/s1. The zero-order chi connectivity index (χ0) is 21.4. The molecule has 1 aliphatic heterocycles. The maximum Gasteiger partial charge on any atom is 0.0654 e. The van der Waals surface area contributed by atoms with Gasteiger partial charge in [0.05, 0.1) is 11.7 Å². The summed E-state index contributed by atoms with van der Waals surface area (Å²) >= 11 is 0. The summed E-state index contributed by atoms with van der Waals surface area (Å²) in [5.41, 5.74) is 1.04. The highest BCUT2D eigenvalue weighted by Gasteiger charge is 2.43. The van der Waals surface area contributed by atoms with E-state index in [4.69, 9.17) is 0 Å². The lowest BCUT2D eigenvalue weighted by Crippen LogP contribution is -2.23. The van der Waals surface area contributed by atoms with Gasteiger partial charge in [-0.15, -0.1) is 0 Å². The van der Waals surface area contributed by atoms with Crippen molar-refractivity contribution in [3.05, 3.63) is 23.8 Å². The first kappa shape index (κ1) is 24.0. The molecule has 3 rings (SSSR count). The van der Waals surface area contributed by atoms with E-state index in [-0.39, 0.29) is 12.0 Å². The summed E-state index contributed by atoms with van der Waals surface area (Å²) in [5, 5.41) is 21.1. The summed E-state index contributed by atoms with van der Waals surface area (Å²) < 4.78 is 0. The molecule has 1 heterocycles. The normalized spacial score (nSPS) is 31.4. The molecule has 3 nitrogen and oxygen atoms in total. The Bertz CT molecular complexity index is 561. The molecule has 3 heteroatoms. The van der Waals surface area contributed by atoms with Crippen LogP contribution in [-0.2, 0) is 0 Å². The van der Waals surface area contributed by atoms with Gasteiger partial charge in [0, 0.05) is 5.92 Å². The van der Waals surface area contributed by atoms with Crippen molar-refractivity contribution >= 4 is 0 Å². The zero-order valence-electron chi connectivity index (χ0n) is 19.7. The SMILES string of the molecule is CCCC[C@](C)(O)C/C=C/[C@@H]1[C@H]2CC(CCCCCCN3CCCC3)=C[C@H]2C[C@H]1O. The van der Waals surface area contributed by atoms with E-state index < -0.39 is 5.60 Å². The van der Waals surface area contributed by atoms with Crippen molar-refractivity contribution in [1.29, 1.82) is 0 Å². The van der Waals surface area contributed by atoms with Gasteiger partial charge >= 0.3 is 0 Å². The van der Waals surface area contributed by atoms with Crippen molar-refractivity contribution in [2.75, 3.05) is 19.6 Å². The minimum absolute atomic E-state index is 0.208. The van der Waals surface area contributed by atoms with Crippen LogP contribution in [0.2, 0.25) is 0 Å². The molecule has 0 aromatic rings. The minimum atomic E-state index is -0.608. The van der Waals surface area contributed by atoms with E-state index >= 15 is 0 Å². The van der Waals surface area contributed by atoms with E-state index in [0.717, 1.165) is 25.7 Å². The molecule has 1 saturated carbocycles. The van der Waals surface area contributed by atoms with E-state index in [2.05, 4.69) is 30.1 Å². The predicted octanol–water partition coefficient (Wildman–Crippen LogP) is 5.86. The second kappa shape index (κ2) is 11.8. The Hall–Kier alpha value is -0.640. The fraction of sp³-hybridized carbons (Fsp3) is 0.852. The van der Waals surface area contributed by atoms with Gasteiger partial charge in [0.25, 0.3) is 0 Å². The van der Waals surface area contributed by atoms with Gasteiger partial charge in [0.1, 0.15) is 0 Å². The summed E-state index contributed by atoms with van der Waals surface area (Å²) in [6.45, 7) is 8.08. The Morgan fingerprint density at radius 1 is 1.13 bits per heavy atom. The Morgan fingerprint density at radius 2 is 1.90 bits per heavy atom. The first-order valence-electron chi connectivity index (χ1n) is 13.0. The molecular formula is C27H47NO2. The highest BCUT2D eigenvalue weighted by atomic mass is 16.3. The van der Waals surface area contributed by atoms with Gasteiger partial charge in [-0.3, -0.25) is 0 Å². The molecule has 0 unspecified atom stereocenters. The molecular weight excluding hydrogens is 370 g/mol. The average molecular weight is 418 g/mol. The number of nitrogens with zero attached hydrogens (tertiary/aromatic N) is 1. The highest BCUT2D eigenvalue weighted by molar-refractivity contribution is 5.20. The van der Waals surface area contributed by atoms with Gasteiger partial charge < -0.3 is 15.1 Å². The fourth-order valence-electron chi connectivity index (χ4n) is 5.98. The molecule has 0 aromatic heterocycles. The third-order valence-electron chi connectivity index (χ3n) is 7.86. The van der Waals surface area contributed by atoms with Crippen LogP contribution in [0.5, 0.6) is 0 Å². The highest BCUT2D eigenvalue weighted by Crippen LogP contribution is 2.48. The number of likely N-dealkylation sites (tertiary alicyclic amines) is 1. The van der Waals surface area contributed by atoms with E-state index in [1.807, 2.05) is 6.92 Å². The van der Waals surface area contributed by atoms with Crippen LogP contribution >= 0.6 is 0 Å². The van der Waals surface area contributed by atoms with E-state index in [1.54, 1.807) is 5.57 Å². The van der Waals surface area contributed by atoms with Crippen LogP contribution in [0.4, 0.5) is 0 Å². The molecule has 0 aromatic carbocycles. The summed E-state index contributed by atoms with van der Waals surface area (Å²) in [6.07, 6.45) is 22.0. The van der Waals surface area contributed by atoms with Crippen molar-refractivity contribution in [1.82, 2.24) is 4.90 Å². The topological polar surface area (TPSA) is 43.7 Å². The monoisotopic (exact) mass is 417 g/mol. The van der Waals surface area contributed by atoms with Crippen LogP contribution in [0.3, 0.4) is 0 Å². The number of allylic oxidation sites excluding steroid dienone is 2. The van der Waals surface area contributed by atoms with E-state index in [9.17, 15) is 10.2 Å². The zero-order valence-corrected chi connectivity index (χ0v) is 19.7. The largest absolute Gasteiger partial charge is 0.392 e. The maximum absolute atomic E-state index is 10.6. The summed E-state index contributed by atoms with van der Waals surface area (Å²) in [7, 11) is 0. The van der Waals surface area contributed by atoms with Crippen molar-refractivity contribution in [2.24, 2.45) is 17.8 Å². The van der Waals surface area contributed by atoms with Crippen LogP contribution < -0.4 is 0 Å². The van der Waals surface area contributed by atoms with Gasteiger partial charge in [0.15, 0.2) is 0 Å². The van der Waals surface area contributed by atoms with Crippen molar-refractivity contribution in [3.8, 4) is 0 Å². The Labute approximate surface area is 185 Å². The van der Waals surface area contributed by atoms with Gasteiger partial charge in [0.2, 0.25) is 0 Å². The molecule has 2 aliphatic carbocycles. The van der Waals surface area contributed by atoms with Gasteiger partial charge in [-0.05, 0) is 96.2 Å². The Kier molecular flexibility index (Phi) is 9.47. The van der Waals surface area contributed by atoms with Gasteiger partial charge in [-0.1, -0.05) is 56.4 Å². The molecule has 0 spiro atoms. The second-order valence-corrected chi connectivity index (χ2v) is 10.7. The number of aliphatic hydroxyl groups excluding tert-OH is 1. The summed E-state index contributed by atoms with van der Waals surface area (Å²) in [5.74, 6) is 1.42. The number of fused-ring (bicyclic) bond motifs is 1. The summed E-state index contributed by atoms with van der Waals surface area (Å²) in [4.78, 5) is 2.63. The van der Waals surface area contributed by atoms with Crippen molar-refractivity contribution in [2.45, 2.75) is 109 Å². The van der Waals surface area contributed by atoms with E-state index in [0.29, 0.717) is 18.3 Å². The van der Waals surface area contributed by atoms with Crippen LogP contribution in [0, 0.1) is 17.8 Å². The average Bonchev–Trinajstić information content (AvgIpc) is 3.41. The second-order valence-electron chi connectivity index (χ2n) is 10.7. The van der Waals surface area contributed by atoms with Crippen LogP contribution in [0.15, 0.2) is 23.8 Å².